The Morgan fingerprint density at radius 1 is 0.951 bits per heavy atom. The minimum Gasteiger partial charge on any atom is -0.748 e. The van der Waals surface area contributed by atoms with Crippen molar-refractivity contribution in [1.82, 2.24) is 0 Å². The van der Waals surface area contributed by atoms with Crippen molar-refractivity contribution in [3.8, 4) is 0 Å². The first-order valence-corrected chi connectivity index (χ1v) is 18.0. The third-order valence-corrected chi connectivity index (χ3v) is 10.4. The minimum absolute atomic E-state index is 0. The summed E-state index contributed by atoms with van der Waals surface area (Å²) in [6.07, 6.45) is 5.67. The maximum absolute atomic E-state index is 11.0. The normalized spacial score (nSPS) is 15.0. The number of fused-ring (bicyclic) bond motifs is 2. The van der Waals surface area contributed by atoms with Crippen molar-refractivity contribution in [2.45, 2.75) is 44.0 Å². The molecule has 2 aromatic carbocycles. The molecule has 0 amide bonds. The molecule has 0 spiro atoms. The summed E-state index contributed by atoms with van der Waals surface area (Å²) < 4.78 is 69.3. The molecule has 0 saturated heterocycles. The van der Waals surface area contributed by atoms with Gasteiger partial charge in [0.15, 0.2) is 6.54 Å². The van der Waals surface area contributed by atoms with Gasteiger partial charge in [-0.1, -0.05) is 46.3 Å². The number of aryl methyl sites for hydroxylation is 1. The van der Waals surface area contributed by atoms with E-state index in [9.17, 15) is 25.9 Å². The van der Waals surface area contributed by atoms with Crippen molar-refractivity contribution in [2.24, 2.45) is 0 Å². The molecule has 0 N–H and O–H groups in total. The fourth-order valence-corrected chi connectivity index (χ4v) is 8.16. The third-order valence-electron chi connectivity index (χ3n) is 6.14. The minimum atomic E-state index is -4.26. The molecule has 1 aliphatic heterocycles. The summed E-state index contributed by atoms with van der Waals surface area (Å²) >= 11 is 15.7. The SMILES string of the molecule is CC(/C=C1\Sc2ccc(Cl)cc2N1CCCCS(=O)(=O)[O-])=C\c1sc2ccc(Cl)cc2[n+]1CCCCS(=O)(=O)[O-].[Na+]. The summed E-state index contributed by atoms with van der Waals surface area (Å²) in [6.45, 7) is 3.04. The Morgan fingerprint density at radius 2 is 1.59 bits per heavy atom. The van der Waals surface area contributed by atoms with Crippen LogP contribution in [0.2, 0.25) is 10.0 Å². The number of thioether (sulfide) groups is 1. The number of rotatable bonds is 12. The van der Waals surface area contributed by atoms with Crippen LogP contribution in [0.15, 0.2) is 58.0 Å². The molecule has 4 rings (SSSR count). The van der Waals surface area contributed by atoms with Gasteiger partial charge in [0.25, 0.3) is 5.01 Å². The van der Waals surface area contributed by atoms with Crippen molar-refractivity contribution in [3.05, 3.63) is 68.1 Å². The van der Waals surface area contributed by atoms with Crippen molar-refractivity contribution < 1.29 is 60.1 Å². The van der Waals surface area contributed by atoms with Crippen molar-refractivity contribution in [3.63, 3.8) is 0 Å². The molecule has 0 fully saturated rings. The van der Waals surface area contributed by atoms with E-state index in [2.05, 4.69) is 21.6 Å². The van der Waals surface area contributed by atoms with Gasteiger partial charge < -0.3 is 14.0 Å². The molecular weight excluding hydrogens is 658 g/mol. The number of hydrogen-bond donors (Lipinski definition) is 0. The zero-order valence-corrected chi connectivity index (χ0v) is 29.3. The molecule has 3 aromatic rings. The molecule has 1 aliphatic rings. The Kier molecular flexibility index (Phi) is 12.7. The van der Waals surface area contributed by atoms with Crippen LogP contribution in [-0.4, -0.2) is 44.0 Å². The van der Waals surface area contributed by atoms with Gasteiger partial charge in [0.1, 0.15) is 4.70 Å². The number of anilines is 1. The average Bonchev–Trinajstić information content (AvgIpc) is 3.34. The van der Waals surface area contributed by atoms with Crippen LogP contribution in [0, 0.1) is 0 Å². The van der Waals surface area contributed by atoms with Crippen LogP contribution in [0.25, 0.3) is 16.3 Å². The molecule has 0 saturated carbocycles. The number of aromatic nitrogens is 1. The molecule has 0 radical (unpaired) electrons. The molecule has 41 heavy (non-hydrogen) atoms. The first-order chi connectivity index (χ1) is 18.8. The zero-order chi connectivity index (χ0) is 29.1. The monoisotopic (exact) mass is 684 g/mol. The summed E-state index contributed by atoms with van der Waals surface area (Å²) in [7, 11) is -8.52. The Morgan fingerprint density at radius 3 is 2.27 bits per heavy atom. The van der Waals surface area contributed by atoms with Gasteiger partial charge >= 0.3 is 29.6 Å². The summed E-state index contributed by atoms with van der Waals surface area (Å²) in [5.74, 6) is -0.796. The number of unbranched alkanes of at least 4 members (excludes halogenated alkanes) is 2. The fraction of sp³-hybridized carbons (Fsp3) is 0.346. The smallest absolute Gasteiger partial charge is 0.748 e. The van der Waals surface area contributed by atoms with E-state index in [1.165, 1.54) is 0 Å². The predicted molar refractivity (Wildman–Crippen MR) is 161 cm³/mol. The standard InChI is InChI=1S/C26H28Cl2N2O6S4.Na/c1-18(14-25-29(10-2-4-12-39(31,32)33)21-16-19(27)6-8-23(21)37-25)15-26-30(11-3-5-13-40(34,35)36)22-17-20(28)7-9-24(22)38-26;/h6-9,14-17H,2-5,10-13H2,1H3,(H-,31,32,33,34,35,36);/q;+1/p-1. The van der Waals surface area contributed by atoms with Gasteiger partial charge in [-0.3, -0.25) is 0 Å². The molecule has 216 valence electrons. The second-order valence-electron chi connectivity index (χ2n) is 9.38. The molecule has 2 heterocycles. The van der Waals surface area contributed by atoms with Crippen molar-refractivity contribution in [1.29, 1.82) is 0 Å². The van der Waals surface area contributed by atoms with E-state index in [1.807, 2.05) is 43.3 Å². The van der Waals surface area contributed by atoms with Gasteiger partial charge in [0.05, 0.1) is 31.0 Å². The third kappa shape index (κ3) is 10.2. The van der Waals surface area contributed by atoms with Crippen LogP contribution >= 0.6 is 46.3 Å². The first-order valence-electron chi connectivity index (χ1n) is 12.4. The molecule has 0 bridgehead atoms. The average molecular weight is 686 g/mol. The van der Waals surface area contributed by atoms with E-state index in [0.29, 0.717) is 36.0 Å². The fourth-order valence-electron chi connectivity index (χ4n) is 4.35. The summed E-state index contributed by atoms with van der Waals surface area (Å²) in [4.78, 5) is 3.11. The van der Waals surface area contributed by atoms with E-state index < -0.39 is 31.7 Å². The summed E-state index contributed by atoms with van der Waals surface area (Å²) in [6, 6.07) is 11.3. The van der Waals surface area contributed by atoms with Crippen LogP contribution in [0.4, 0.5) is 5.69 Å². The molecule has 0 atom stereocenters. The second kappa shape index (κ2) is 14.9. The van der Waals surface area contributed by atoms with E-state index in [1.54, 1.807) is 23.1 Å². The van der Waals surface area contributed by atoms with Crippen LogP contribution in [0.1, 0.15) is 37.6 Å². The van der Waals surface area contributed by atoms with Gasteiger partial charge in [-0.15, -0.1) is 0 Å². The number of nitrogens with zero attached hydrogens (tertiary/aromatic N) is 2. The van der Waals surface area contributed by atoms with Crippen LogP contribution in [0.5, 0.6) is 0 Å². The topological polar surface area (TPSA) is 122 Å². The predicted octanol–water partition coefficient (Wildman–Crippen LogP) is 3.01. The number of halogens is 2. The molecule has 15 heteroatoms. The van der Waals surface area contributed by atoms with E-state index in [4.69, 9.17) is 23.2 Å². The Bertz CT molecular complexity index is 1690. The van der Waals surface area contributed by atoms with E-state index in [0.717, 1.165) is 36.4 Å². The Hall–Kier alpha value is -0.640. The van der Waals surface area contributed by atoms with Crippen LogP contribution in [0.3, 0.4) is 0 Å². The van der Waals surface area contributed by atoms with Gasteiger partial charge in [-0.2, -0.15) is 4.57 Å². The zero-order valence-electron chi connectivity index (χ0n) is 22.5. The van der Waals surface area contributed by atoms with Crippen LogP contribution in [-0.2, 0) is 26.8 Å². The Labute approximate surface area is 281 Å². The number of hydrogen-bond acceptors (Lipinski definition) is 9. The maximum atomic E-state index is 11.0. The van der Waals surface area contributed by atoms with Crippen LogP contribution < -0.4 is 39.0 Å². The molecular formula is C26H27Cl2N2NaO6S4. The molecule has 1 aromatic heterocycles. The van der Waals surface area contributed by atoms with Crippen molar-refractivity contribution >= 4 is 88.5 Å². The maximum Gasteiger partial charge on any atom is 1.00 e. The second-order valence-corrected chi connectivity index (χ2v) is 15.4. The van der Waals surface area contributed by atoms with Crippen molar-refractivity contribution in [2.75, 3.05) is 23.0 Å². The quantitative estimate of drug-likeness (QED) is 0.124. The van der Waals surface area contributed by atoms with Gasteiger partial charge in [0, 0.05) is 51.6 Å². The molecule has 0 unspecified atom stereocenters. The summed E-state index contributed by atoms with van der Waals surface area (Å²) in [5, 5.41) is 3.09. The number of benzene rings is 2. The number of allylic oxidation sites excluding steroid dienone is 2. The largest absolute Gasteiger partial charge is 1.00 e. The van der Waals surface area contributed by atoms with Gasteiger partial charge in [0.2, 0.25) is 5.52 Å². The van der Waals surface area contributed by atoms with Gasteiger partial charge in [-0.05, 0) is 68.2 Å². The van der Waals surface area contributed by atoms with E-state index >= 15 is 0 Å². The summed E-state index contributed by atoms with van der Waals surface area (Å²) in [5.41, 5.74) is 2.82. The first kappa shape index (κ1) is 34.8. The Balaban J connectivity index is 0.00000462. The van der Waals surface area contributed by atoms with E-state index in [-0.39, 0.29) is 42.4 Å². The number of thiazole rings is 1. The van der Waals surface area contributed by atoms with Gasteiger partial charge in [-0.25, -0.2) is 16.8 Å². The molecule has 0 aliphatic carbocycles. The molecule has 8 nitrogen and oxygen atoms in total.